The van der Waals surface area contributed by atoms with Gasteiger partial charge in [-0.05, 0) is 19.9 Å². The van der Waals surface area contributed by atoms with Crippen LogP contribution < -0.4 is 11.0 Å². The molecule has 0 aliphatic heterocycles. The van der Waals surface area contributed by atoms with E-state index in [1.54, 1.807) is 27.0 Å². The van der Waals surface area contributed by atoms with Crippen LogP contribution in [0.25, 0.3) is 11.4 Å². The smallest absolute Gasteiger partial charge is 0.345 e. The number of carbonyl (C=O) groups excluding carboxylic acids is 1. The molecule has 0 bridgehead atoms. The lowest BCUT2D eigenvalue weighted by Crippen LogP contribution is -2.31. The van der Waals surface area contributed by atoms with Gasteiger partial charge in [-0.3, -0.25) is 9.36 Å². The summed E-state index contributed by atoms with van der Waals surface area (Å²) >= 11 is 0. The Morgan fingerprint density at radius 1 is 1.24 bits per heavy atom. The summed E-state index contributed by atoms with van der Waals surface area (Å²) in [4.78, 5) is 24.5. The van der Waals surface area contributed by atoms with Gasteiger partial charge in [0.1, 0.15) is 11.5 Å². The number of rotatable bonds is 5. The van der Waals surface area contributed by atoms with Crippen LogP contribution in [0.15, 0.2) is 45.6 Å². The number of aryl methyl sites for hydroxylation is 2. The van der Waals surface area contributed by atoms with Gasteiger partial charge in [0.2, 0.25) is 0 Å². The maximum Gasteiger partial charge on any atom is 0.345 e. The zero-order valence-corrected chi connectivity index (χ0v) is 14.4. The summed E-state index contributed by atoms with van der Waals surface area (Å²) < 4.78 is 8.21. The Kier molecular flexibility index (Phi) is 4.56. The lowest BCUT2D eigenvalue weighted by atomic mass is 10.2. The Bertz CT molecular complexity index is 951. The molecule has 0 aliphatic rings. The molecule has 3 rings (SSSR count). The van der Waals surface area contributed by atoms with E-state index >= 15 is 0 Å². The van der Waals surface area contributed by atoms with E-state index in [0.717, 1.165) is 5.56 Å². The average molecular weight is 340 g/mol. The molecule has 1 aromatic carbocycles. The molecule has 2 heterocycles. The molecule has 0 spiro atoms. The first-order valence-corrected chi connectivity index (χ1v) is 8.02. The van der Waals surface area contributed by atoms with Crippen molar-refractivity contribution >= 4 is 5.91 Å². The van der Waals surface area contributed by atoms with Crippen molar-refractivity contribution in [3.05, 3.63) is 64.0 Å². The van der Waals surface area contributed by atoms with Gasteiger partial charge in [0.25, 0.3) is 5.91 Å². The summed E-state index contributed by atoms with van der Waals surface area (Å²) in [5.74, 6) is 1.65. The van der Waals surface area contributed by atoms with E-state index in [-0.39, 0.29) is 11.6 Å². The van der Waals surface area contributed by atoms with Crippen LogP contribution in [0.1, 0.15) is 21.9 Å². The highest BCUT2D eigenvalue weighted by Crippen LogP contribution is 2.14. The predicted molar refractivity (Wildman–Crippen MR) is 93.4 cm³/mol. The van der Waals surface area contributed by atoms with Crippen LogP contribution in [0.3, 0.4) is 0 Å². The minimum Gasteiger partial charge on any atom is -0.466 e. The fraction of sp³-hybridized carbons (Fsp3) is 0.278. The highest BCUT2D eigenvalue weighted by Gasteiger charge is 2.14. The van der Waals surface area contributed by atoms with Gasteiger partial charge in [-0.1, -0.05) is 30.3 Å². The van der Waals surface area contributed by atoms with Gasteiger partial charge < -0.3 is 9.73 Å². The molecule has 0 fully saturated rings. The standard InChI is InChI=1S/C18H20N4O3/c1-12-11-15(13(2)25-12)17(23)19-9-10-22-18(24)21(3)16(20-22)14-7-5-4-6-8-14/h4-8,11H,9-10H2,1-3H3,(H,19,23). The second-order valence-corrected chi connectivity index (χ2v) is 5.84. The molecule has 25 heavy (non-hydrogen) atoms. The first-order valence-electron chi connectivity index (χ1n) is 8.02. The van der Waals surface area contributed by atoms with Gasteiger partial charge in [-0.15, -0.1) is 5.10 Å². The van der Waals surface area contributed by atoms with Gasteiger partial charge in [0.05, 0.1) is 12.1 Å². The van der Waals surface area contributed by atoms with Crippen molar-refractivity contribution in [2.75, 3.05) is 6.54 Å². The third-order valence-corrected chi connectivity index (χ3v) is 3.97. The summed E-state index contributed by atoms with van der Waals surface area (Å²) in [5, 5.41) is 7.16. The summed E-state index contributed by atoms with van der Waals surface area (Å²) in [5.41, 5.74) is 1.16. The zero-order chi connectivity index (χ0) is 18.0. The van der Waals surface area contributed by atoms with Crippen molar-refractivity contribution in [1.82, 2.24) is 19.7 Å². The van der Waals surface area contributed by atoms with E-state index in [1.165, 1.54) is 9.25 Å². The molecule has 7 heteroatoms. The van der Waals surface area contributed by atoms with Crippen LogP contribution in [0.5, 0.6) is 0 Å². The maximum absolute atomic E-state index is 12.3. The minimum atomic E-state index is -0.221. The van der Waals surface area contributed by atoms with Crippen molar-refractivity contribution in [1.29, 1.82) is 0 Å². The molecule has 130 valence electrons. The highest BCUT2D eigenvalue weighted by molar-refractivity contribution is 5.95. The number of hydrogen-bond acceptors (Lipinski definition) is 4. The molecule has 1 amide bonds. The van der Waals surface area contributed by atoms with Crippen LogP contribution in [0.4, 0.5) is 0 Å². The second-order valence-electron chi connectivity index (χ2n) is 5.84. The molecule has 7 nitrogen and oxygen atoms in total. The van der Waals surface area contributed by atoms with E-state index in [1.807, 2.05) is 30.3 Å². The molecule has 2 aromatic heterocycles. The lowest BCUT2D eigenvalue weighted by molar-refractivity contribution is 0.0950. The fourth-order valence-electron chi connectivity index (χ4n) is 2.70. The van der Waals surface area contributed by atoms with Gasteiger partial charge in [0.15, 0.2) is 5.82 Å². The number of furan rings is 1. The number of amides is 1. The molecular formula is C18H20N4O3. The average Bonchev–Trinajstić information content (AvgIpc) is 3.09. The van der Waals surface area contributed by atoms with E-state index < -0.39 is 0 Å². The molecule has 0 aliphatic carbocycles. The predicted octanol–water partition coefficient (Wildman–Crippen LogP) is 1.89. The van der Waals surface area contributed by atoms with Crippen LogP contribution in [-0.2, 0) is 13.6 Å². The van der Waals surface area contributed by atoms with Crippen LogP contribution in [0, 0.1) is 13.8 Å². The topological polar surface area (TPSA) is 82.1 Å². The van der Waals surface area contributed by atoms with E-state index in [0.29, 0.717) is 36.0 Å². The molecule has 0 unspecified atom stereocenters. The second kappa shape index (κ2) is 6.80. The van der Waals surface area contributed by atoms with Crippen molar-refractivity contribution in [2.24, 2.45) is 7.05 Å². The third-order valence-electron chi connectivity index (χ3n) is 3.97. The van der Waals surface area contributed by atoms with Gasteiger partial charge in [-0.25, -0.2) is 9.48 Å². The number of benzene rings is 1. The van der Waals surface area contributed by atoms with Crippen molar-refractivity contribution in [3.8, 4) is 11.4 Å². The fourth-order valence-corrected chi connectivity index (χ4v) is 2.70. The number of nitrogens with zero attached hydrogens (tertiary/aromatic N) is 3. The van der Waals surface area contributed by atoms with Gasteiger partial charge >= 0.3 is 5.69 Å². The number of nitrogens with one attached hydrogen (secondary N) is 1. The largest absolute Gasteiger partial charge is 0.466 e. The molecule has 0 saturated carbocycles. The SMILES string of the molecule is Cc1cc(C(=O)NCCn2nc(-c3ccccc3)n(C)c2=O)c(C)o1. The van der Waals surface area contributed by atoms with Crippen LogP contribution >= 0.6 is 0 Å². The first-order chi connectivity index (χ1) is 12.0. The Morgan fingerprint density at radius 3 is 2.60 bits per heavy atom. The Morgan fingerprint density at radius 2 is 1.96 bits per heavy atom. The summed E-state index contributed by atoms with van der Waals surface area (Å²) in [6, 6.07) is 11.2. The van der Waals surface area contributed by atoms with E-state index in [9.17, 15) is 9.59 Å². The summed E-state index contributed by atoms with van der Waals surface area (Å²) in [6.45, 7) is 4.13. The van der Waals surface area contributed by atoms with Gasteiger partial charge in [-0.2, -0.15) is 0 Å². The first kappa shape index (κ1) is 16.8. The molecular weight excluding hydrogens is 320 g/mol. The van der Waals surface area contributed by atoms with Crippen LogP contribution in [0.2, 0.25) is 0 Å². The molecule has 3 aromatic rings. The number of hydrogen-bond donors (Lipinski definition) is 1. The monoisotopic (exact) mass is 340 g/mol. The van der Waals surface area contributed by atoms with E-state index in [4.69, 9.17) is 4.42 Å². The van der Waals surface area contributed by atoms with Gasteiger partial charge in [0, 0.05) is 19.2 Å². The summed E-state index contributed by atoms with van der Waals surface area (Å²) in [6.07, 6.45) is 0. The molecule has 0 saturated heterocycles. The van der Waals surface area contributed by atoms with Crippen LogP contribution in [-0.4, -0.2) is 26.8 Å². The maximum atomic E-state index is 12.3. The third kappa shape index (κ3) is 3.40. The number of aromatic nitrogens is 3. The minimum absolute atomic E-state index is 0.219. The van der Waals surface area contributed by atoms with Crippen molar-refractivity contribution in [2.45, 2.75) is 20.4 Å². The zero-order valence-electron chi connectivity index (χ0n) is 14.4. The van der Waals surface area contributed by atoms with Crippen molar-refractivity contribution in [3.63, 3.8) is 0 Å². The number of carbonyl (C=O) groups is 1. The lowest BCUT2D eigenvalue weighted by Gasteiger charge is -2.03. The van der Waals surface area contributed by atoms with Crippen molar-refractivity contribution < 1.29 is 9.21 Å². The molecule has 1 N–H and O–H groups in total. The highest BCUT2D eigenvalue weighted by atomic mass is 16.3. The summed E-state index contributed by atoms with van der Waals surface area (Å²) in [7, 11) is 1.68. The Balaban J connectivity index is 1.69. The normalized spacial score (nSPS) is 10.8. The Labute approximate surface area is 144 Å². The molecule has 0 atom stereocenters. The van der Waals surface area contributed by atoms with E-state index in [2.05, 4.69) is 10.4 Å². The Hall–Kier alpha value is -3.09. The quantitative estimate of drug-likeness (QED) is 0.769. The molecule has 0 radical (unpaired) electrons.